The molecule has 0 spiro atoms. The number of benzene rings is 1. The van der Waals surface area contributed by atoms with Gasteiger partial charge in [-0.25, -0.2) is 4.39 Å². The predicted molar refractivity (Wildman–Crippen MR) is 78.4 cm³/mol. The highest BCUT2D eigenvalue weighted by molar-refractivity contribution is 9.10. The molecular formula is C14H12Br2FN. The molecule has 1 atom stereocenters. The lowest BCUT2D eigenvalue weighted by atomic mass is 10.0. The number of hydrogen-bond donors (Lipinski definition) is 0. The van der Waals surface area contributed by atoms with E-state index in [1.807, 2.05) is 25.1 Å². The second kappa shape index (κ2) is 5.93. The van der Waals surface area contributed by atoms with Crippen molar-refractivity contribution in [3.63, 3.8) is 0 Å². The first-order chi connectivity index (χ1) is 8.59. The molecule has 1 nitrogen and oxygen atoms in total. The van der Waals surface area contributed by atoms with Crippen LogP contribution >= 0.6 is 31.9 Å². The number of pyridine rings is 1. The van der Waals surface area contributed by atoms with Crippen LogP contribution in [0.4, 0.5) is 4.39 Å². The minimum atomic E-state index is -0.215. The second-order valence-corrected chi connectivity index (χ2v) is 6.04. The van der Waals surface area contributed by atoms with Crippen molar-refractivity contribution in [1.82, 2.24) is 4.98 Å². The van der Waals surface area contributed by atoms with Crippen LogP contribution in [0.15, 0.2) is 41.0 Å². The van der Waals surface area contributed by atoms with Crippen molar-refractivity contribution in [1.29, 1.82) is 0 Å². The fraction of sp³-hybridized carbons (Fsp3) is 0.214. The Morgan fingerprint density at radius 1 is 1.28 bits per heavy atom. The van der Waals surface area contributed by atoms with Crippen LogP contribution < -0.4 is 0 Å². The van der Waals surface area contributed by atoms with E-state index in [0.29, 0.717) is 16.5 Å². The summed E-state index contributed by atoms with van der Waals surface area (Å²) >= 11 is 6.74. The zero-order chi connectivity index (χ0) is 13.1. The van der Waals surface area contributed by atoms with Gasteiger partial charge in [-0.05, 0) is 40.5 Å². The van der Waals surface area contributed by atoms with Gasteiger partial charge in [0, 0.05) is 28.7 Å². The maximum Gasteiger partial charge on any atom is 0.141 e. The first-order valence-electron chi connectivity index (χ1n) is 5.58. The number of halogens is 3. The molecule has 0 N–H and O–H groups in total. The molecule has 1 heterocycles. The summed E-state index contributed by atoms with van der Waals surface area (Å²) in [6.45, 7) is 2.01. The molecule has 0 saturated heterocycles. The van der Waals surface area contributed by atoms with E-state index in [1.54, 1.807) is 18.3 Å². The molecule has 1 aromatic carbocycles. The van der Waals surface area contributed by atoms with Crippen LogP contribution in [0.3, 0.4) is 0 Å². The number of rotatable bonds is 3. The molecule has 18 heavy (non-hydrogen) atoms. The number of nitrogens with zero attached hydrogens (tertiary/aromatic N) is 1. The highest BCUT2D eigenvalue weighted by Gasteiger charge is 2.16. The summed E-state index contributed by atoms with van der Waals surface area (Å²) < 4.78 is 14.4. The molecule has 0 fully saturated rings. The minimum absolute atomic E-state index is 0.0800. The summed E-state index contributed by atoms with van der Waals surface area (Å²) in [7, 11) is 0. The summed E-state index contributed by atoms with van der Waals surface area (Å²) in [5.41, 5.74) is 2.76. The monoisotopic (exact) mass is 371 g/mol. The van der Waals surface area contributed by atoms with E-state index < -0.39 is 0 Å². The van der Waals surface area contributed by atoms with Crippen LogP contribution in [0.1, 0.15) is 21.6 Å². The van der Waals surface area contributed by atoms with Gasteiger partial charge in [-0.2, -0.15) is 0 Å². The Morgan fingerprint density at radius 3 is 2.78 bits per heavy atom. The molecule has 0 aliphatic rings. The molecule has 2 rings (SSSR count). The molecule has 0 aliphatic heterocycles. The van der Waals surface area contributed by atoms with Crippen LogP contribution in [-0.4, -0.2) is 4.98 Å². The van der Waals surface area contributed by atoms with E-state index >= 15 is 0 Å². The summed E-state index contributed by atoms with van der Waals surface area (Å²) in [5.74, 6) is -0.215. The normalized spacial score (nSPS) is 12.4. The van der Waals surface area contributed by atoms with Gasteiger partial charge in [0.05, 0.1) is 4.47 Å². The third-order valence-electron chi connectivity index (χ3n) is 2.81. The average molecular weight is 373 g/mol. The van der Waals surface area contributed by atoms with E-state index in [0.717, 1.165) is 11.3 Å². The van der Waals surface area contributed by atoms with Crippen molar-refractivity contribution >= 4 is 31.9 Å². The Hall–Kier alpha value is -0.740. The van der Waals surface area contributed by atoms with Crippen LogP contribution in [0.25, 0.3) is 0 Å². The molecule has 1 unspecified atom stereocenters. The number of hydrogen-bond acceptors (Lipinski definition) is 1. The van der Waals surface area contributed by atoms with Crippen molar-refractivity contribution in [2.24, 2.45) is 0 Å². The number of aryl methyl sites for hydroxylation is 1. The molecule has 0 saturated carbocycles. The van der Waals surface area contributed by atoms with Gasteiger partial charge in [-0.3, -0.25) is 4.98 Å². The predicted octanol–water partition coefficient (Wildman–Crippen LogP) is 4.97. The molecule has 0 radical (unpaired) electrons. The Morgan fingerprint density at radius 2 is 2.06 bits per heavy atom. The largest absolute Gasteiger partial charge is 0.261 e. The highest BCUT2D eigenvalue weighted by Crippen LogP contribution is 2.32. The molecule has 0 aliphatic carbocycles. The molecule has 0 amide bonds. The van der Waals surface area contributed by atoms with E-state index in [4.69, 9.17) is 0 Å². The molecule has 94 valence electrons. The molecular weight excluding hydrogens is 361 g/mol. The van der Waals surface area contributed by atoms with Crippen molar-refractivity contribution in [3.05, 3.63) is 63.6 Å². The standard InChI is InChI=1S/C14H12Br2FN/c1-9-4-3-7-18-13(9)8-12(16)10-5-2-6-11(15)14(10)17/h2-7,12H,8H2,1H3. The number of alkyl halides is 1. The fourth-order valence-corrected chi connectivity index (χ4v) is 2.82. The number of aromatic nitrogens is 1. The van der Waals surface area contributed by atoms with Gasteiger partial charge in [0.15, 0.2) is 0 Å². The second-order valence-electron chi connectivity index (χ2n) is 4.08. The van der Waals surface area contributed by atoms with Crippen molar-refractivity contribution in [2.45, 2.75) is 18.2 Å². The van der Waals surface area contributed by atoms with E-state index in [1.165, 1.54) is 0 Å². The van der Waals surface area contributed by atoms with E-state index in [-0.39, 0.29) is 10.6 Å². The lowest BCUT2D eigenvalue weighted by molar-refractivity contribution is 0.600. The van der Waals surface area contributed by atoms with Gasteiger partial charge < -0.3 is 0 Å². The van der Waals surface area contributed by atoms with Crippen LogP contribution in [-0.2, 0) is 6.42 Å². The zero-order valence-corrected chi connectivity index (χ0v) is 13.0. The smallest absolute Gasteiger partial charge is 0.141 e. The first kappa shape index (κ1) is 13.7. The quantitative estimate of drug-likeness (QED) is 0.693. The summed E-state index contributed by atoms with van der Waals surface area (Å²) in [4.78, 5) is 4.25. The Bertz CT molecular complexity index is 557. The fourth-order valence-electron chi connectivity index (χ4n) is 1.77. The lowest BCUT2D eigenvalue weighted by Crippen LogP contribution is -2.02. The zero-order valence-electron chi connectivity index (χ0n) is 9.83. The van der Waals surface area contributed by atoms with Crippen molar-refractivity contribution < 1.29 is 4.39 Å². The average Bonchev–Trinajstić information content (AvgIpc) is 2.35. The van der Waals surface area contributed by atoms with Gasteiger partial charge in [0.2, 0.25) is 0 Å². The van der Waals surface area contributed by atoms with Gasteiger partial charge in [-0.15, -0.1) is 0 Å². The van der Waals surface area contributed by atoms with Gasteiger partial charge >= 0.3 is 0 Å². The van der Waals surface area contributed by atoms with Crippen LogP contribution in [0.5, 0.6) is 0 Å². The third kappa shape index (κ3) is 2.98. The van der Waals surface area contributed by atoms with Gasteiger partial charge in [0.1, 0.15) is 5.82 Å². The first-order valence-corrected chi connectivity index (χ1v) is 7.29. The Balaban J connectivity index is 2.25. The van der Waals surface area contributed by atoms with Crippen LogP contribution in [0.2, 0.25) is 0 Å². The summed E-state index contributed by atoms with van der Waals surface area (Å²) in [6, 6.07) is 9.24. The van der Waals surface area contributed by atoms with Crippen molar-refractivity contribution in [2.75, 3.05) is 0 Å². The minimum Gasteiger partial charge on any atom is -0.261 e. The van der Waals surface area contributed by atoms with Crippen LogP contribution in [0, 0.1) is 12.7 Å². The highest BCUT2D eigenvalue weighted by atomic mass is 79.9. The summed E-state index contributed by atoms with van der Waals surface area (Å²) in [6.07, 6.45) is 2.43. The Labute approximate surface area is 123 Å². The van der Waals surface area contributed by atoms with E-state index in [2.05, 4.69) is 36.8 Å². The maximum atomic E-state index is 14.0. The SMILES string of the molecule is Cc1cccnc1CC(Br)c1cccc(Br)c1F. The molecule has 4 heteroatoms. The maximum absolute atomic E-state index is 14.0. The molecule has 2 aromatic rings. The van der Waals surface area contributed by atoms with Gasteiger partial charge in [-0.1, -0.05) is 34.1 Å². The topological polar surface area (TPSA) is 12.9 Å². The van der Waals surface area contributed by atoms with Crippen molar-refractivity contribution in [3.8, 4) is 0 Å². The van der Waals surface area contributed by atoms with Gasteiger partial charge in [0.25, 0.3) is 0 Å². The lowest BCUT2D eigenvalue weighted by Gasteiger charge is -2.13. The summed E-state index contributed by atoms with van der Waals surface area (Å²) in [5, 5.41) is 0. The third-order valence-corrected chi connectivity index (χ3v) is 4.24. The van der Waals surface area contributed by atoms with E-state index in [9.17, 15) is 4.39 Å². The molecule has 0 bridgehead atoms. The molecule has 1 aromatic heterocycles. The Kier molecular flexibility index (Phi) is 4.51.